The first-order valence-electron chi connectivity index (χ1n) is 22.5. The molecule has 0 heterocycles. The molecule has 0 atom stereocenters. The van der Waals surface area contributed by atoms with E-state index in [4.69, 9.17) is 0 Å². The Morgan fingerprint density at radius 2 is 0.404 bits per heavy atom. The third-order valence-corrected chi connectivity index (χ3v) is 10.4. The highest BCUT2D eigenvalue weighted by Crippen LogP contribution is 2.16. The van der Waals surface area contributed by atoms with Crippen molar-refractivity contribution in [2.75, 3.05) is 0 Å². The van der Waals surface area contributed by atoms with E-state index in [9.17, 15) is 0 Å². The molecule has 0 aliphatic heterocycles. The second-order valence-electron chi connectivity index (χ2n) is 15.3. The fourth-order valence-corrected chi connectivity index (χ4v) is 7.04. The predicted octanol–water partition coefficient (Wildman–Crippen LogP) is 17.2. The lowest BCUT2D eigenvalue weighted by Crippen LogP contribution is -1.91. The van der Waals surface area contributed by atoms with Crippen molar-refractivity contribution < 1.29 is 0 Å². The molecule has 0 amide bonds. The summed E-state index contributed by atoms with van der Waals surface area (Å²) in [5.41, 5.74) is 0. The molecule has 0 aromatic heterocycles. The van der Waals surface area contributed by atoms with Gasteiger partial charge in [-0.3, -0.25) is 0 Å². The Balaban J connectivity index is 3.14. The third kappa shape index (κ3) is 45.3. The van der Waals surface area contributed by atoms with Crippen LogP contribution < -0.4 is 5.32 Å². The van der Waals surface area contributed by atoms with Gasteiger partial charge >= 0.3 is 0 Å². The zero-order valence-corrected chi connectivity index (χ0v) is 33.1. The first-order valence-corrected chi connectivity index (χ1v) is 22.5. The van der Waals surface area contributed by atoms with E-state index in [1.54, 1.807) is 0 Å². The smallest absolute Gasteiger partial charge is 0.00358 e. The molecule has 0 saturated carbocycles. The molecule has 0 aliphatic carbocycles. The molecular formula is C46H91N. The maximum absolute atomic E-state index is 3.35. The van der Waals surface area contributed by atoms with E-state index in [-0.39, 0.29) is 0 Å². The fraction of sp³-hybridized carbons (Fsp3) is 0.913. The first kappa shape index (κ1) is 46.3. The van der Waals surface area contributed by atoms with Crippen molar-refractivity contribution in [1.82, 2.24) is 5.32 Å². The highest BCUT2D eigenvalue weighted by molar-refractivity contribution is 4.88. The van der Waals surface area contributed by atoms with Gasteiger partial charge in [0.15, 0.2) is 0 Å². The topological polar surface area (TPSA) is 12.0 Å². The van der Waals surface area contributed by atoms with Crippen LogP contribution in [0.5, 0.6) is 0 Å². The van der Waals surface area contributed by atoms with Crippen LogP contribution in [0.3, 0.4) is 0 Å². The highest BCUT2D eigenvalue weighted by Gasteiger charge is 1.97. The lowest BCUT2D eigenvalue weighted by Gasteiger charge is -2.04. The summed E-state index contributed by atoms with van der Waals surface area (Å²) in [6, 6.07) is 0. The van der Waals surface area contributed by atoms with Crippen molar-refractivity contribution in [3.05, 3.63) is 24.6 Å². The maximum atomic E-state index is 3.35. The first-order chi connectivity index (χ1) is 23.4. The van der Waals surface area contributed by atoms with Gasteiger partial charge in [0.25, 0.3) is 0 Å². The molecule has 47 heavy (non-hydrogen) atoms. The summed E-state index contributed by atoms with van der Waals surface area (Å²) in [5, 5.41) is 3.35. The summed E-state index contributed by atoms with van der Waals surface area (Å²) in [5.74, 6) is 0. The van der Waals surface area contributed by atoms with Crippen LogP contribution in [0, 0.1) is 0 Å². The lowest BCUT2D eigenvalue weighted by atomic mass is 10.0. The Kier molecular flexibility index (Phi) is 44.6. The summed E-state index contributed by atoms with van der Waals surface area (Å²) < 4.78 is 0. The van der Waals surface area contributed by atoms with Crippen molar-refractivity contribution >= 4 is 0 Å². The van der Waals surface area contributed by atoms with Crippen molar-refractivity contribution in [1.29, 1.82) is 0 Å². The molecule has 1 heteroatoms. The summed E-state index contributed by atoms with van der Waals surface area (Å²) in [6.07, 6.45) is 66.5. The number of hydrogen-bond donors (Lipinski definition) is 1. The van der Waals surface area contributed by atoms with Crippen LogP contribution in [0.2, 0.25) is 0 Å². The van der Waals surface area contributed by atoms with E-state index in [0.29, 0.717) is 0 Å². The Labute approximate surface area is 299 Å². The van der Waals surface area contributed by atoms with E-state index in [1.807, 2.05) is 0 Å². The number of hydrogen-bond acceptors (Lipinski definition) is 1. The standard InChI is InChI=1S/C46H91N/c1-3-5-7-9-11-13-15-17-19-21-23-25-27-29-31-33-35-37-39-41-43-45-47-46-44-42-40-38-36-34-32-30-28-26-24-22-20-18-16-14-12-10-8-6-4-2/h43-47H,3-42H2,1-2H3. The Hall–Kier alpha value is -0.720. The van der Waals surface area contributed by atoms with Crippen molar-refractivity contribution in [3.8, 4) is 0 Å². The summed E-state index contributed by atoms with van der Waals surface area (Å²) in [7, 11) is 0. The predicted molar refractivity (Wildman–Crippen MR) is 217 cm³/mol. The van der Waals surface area contributed by atoms with Gasteiger partial charge in [0.2, 0.25) is 0 Å². The van der Waals surface area contributed by atoms with Crippen LogP contribution in [-0.2, 0) is 0 Å². The fourth-order valence-electron chi connectivity index (χ4n) is 7.04. The highest BCUT2D eigenvalue weighted by atomic mass is 14.8. The van der Waals surface area contributed by atoms with Crippen LogP contribution in [0.4, 0.5) is 0 Å². The SMILES string of the molecule is CCCCCCCCCCCCCCCCCCCCCC=CNC=CCCCCCCCCCCCCCCCCCCCCC. The Bertz CT molecular complexity index is 528. The quantitative estimate of drug-likeness (QED) is 0.0644. The van der Waals surface area contributed by atoms with Gasteiger partial charge in [0, 0.05) is 0 Å². The summed E-state index contributed by atoms with van der Waals surface area (Å²) in [6.45, 7) is 4.61. The zero-order valence-electron chi connectivity index (χ0n) is 33.1. The number of unbranched alkanes of at least 4 members (excludes halogenated alkanes) is 38. The molecule has 280 valence electrons. The van der Waals surface area contributed by atoms with Gasteiger partial charge in [-0.2, -0.15) is 0 Å². The molecule has 1 nitrogen and oxygen atoms in total. The van der Waals surface area contributed by atoms with Gasteiger partial charge in [-0.05, 0) is 38.1 Å². The molecule has 1 N–H and O–H groups in total. The van der Waals surface area contributed by atoms with Crippen LogP contribution in [0.1, 0.15) is 271 Å². The van der Waals surface area contributed by atoms with Crippen LogP contribution >= 0.6 is 0 Å². The van der Waals surface area contributed by atoms with Crippen LogP contribution in [0.25, 0.3) is 0 Å². The molecule has 0 radical (unpaired) electrons. The molecule has 0 aromatic carbocycles. The molecule has 0 unspecified atom stereocenters. The van der Waals surface area contributed by atoms with E-state index >= 15 is 0 Å². The van der Waals surface area contributed by atoms with Crippen LogP contribution in [-0.4, -0.2) is 0 Å². The molecule has 0 bridgehead atoms. The molecule has 0 spiro atoms. The van der Waals surface area contributed by atoms with E-state index in [0.717, 1.165) is 0 Å². The molecule has 0 aromatic rings. The lowest BCUT2D eigenvalue weighted by molar-refractivity contribution is 0.523. The number of rotatable bonds is 42. The zero-order chi connectivity index (χ0) is 33.8. The number of allylic oxidation sites excluding steroid dienone is 2. The normalized spacial score (nSPS) is 11.9. The second kappa shape index (κ2) is 45.3. The Morgan fingerprint density at radius 3 is 0.596 bits per heavy atom. The van der Waals surface area contributed by atoms with Gasteiger partial charge in [-0.1, -0.05) is 257 Å². The molecule has 0 saturated heterocycles. The molecule has 0 aliphatic rings. The van der Waals surface area contributed by atoms with Crippen molar-refractivity contribution in [2.24, 2.45) is 0 Å². The van der Waals surface area contributed by atoms with Gasteiger partial charge in [0.05, 0.1) is 0 Å². The largest absolute Gasteiger partial charge is 0.368 e. The maximum Gasteiger partial charge on any atom is -0.00358 e. The average Bonchev–Trinajstić information content (AvgIpc) is 3.08. The minimum Gasteiger partial charge on any atom is -0.368 e. The second-order valence-corrected chi connectivity index (χ2v) is 15.3. The van der Waals surface area contributed by atoms with Gasteiger partial charge in [0.1, 0.15) is 0 Å². The monoisotopic (exact) mass is 658 g/mol. The minimum atomic E-state index is 1.22. The van der Waals surface area contributed by atoms with E-state index in [1.165, 1.54) is 257 Å². The van der Waals surface area contributed by atoms with Gasteiger partial charge in [-0.15, -0.1) is 0 Å². The Morgan fingerprint density at radius 1 is 0.234 bits per heavy atom. The van der Waals surface area contributed by atoms with Crippen LogP contribution in [0.15, 0.2) is 24.6 Å². The summed E-state index contributed by atoms with van der Waals surface area (Å²) >= 11 is 0. The van der Waals surface area contributed by atoms with Gasteiger partial charge < -0.3 is 5.32 Å². The average molecular weight is 658 g/mol. The summed E-state index contributed by atoms with van der Waals surface area (Å²) in [4.78, 5) is 0. The molecule has 0 rings (SSSR count). The molecular weight excluding hydrogens is 567 g/mol. The van der Waals surface area contributed by atoms with Gasteiger partial charge in [-0.25, -0.2) is 0 Å². The minimum absolute atomic E-state index is 1.22. The van der Waals surface area contributed by atoms with E-state index < -0.39 is 0 Å². The van der Waals surface area contributed by atoms with E-state index in [2.05, 4.69) is 43.7 Å². The third-order valence-electron chi connectivity index (χ3n) is 10.4. The van der Waals surface area contributed by atoms with Crippen molar-refractivity contribution in [3.63, 3.8) is 0 Å². The molecule has 0 fully saturated rings. The van der Waals surface area contributed by atoms with Crippen molar-refractivity contribution in [2.45, 2.75) is 271 Å². The number of nitrogens with one attached hydrogen (secondary N) is 1.